The molecular formula is C24H25ClN4O2. The maximum Gasteiger partial charge on any atom is 0.246 e. The highest BCUT2D eigenvalue weighted by Crippen LogP contribution is 2.40. The van der Waals surface area contributed by atoms with Crippen molar-refractivity contribution in [3.63, 3.8) is 0 Å². The van der Waals surface area contributed by atoms with Crippen LogP contribution in [0.15, 0.2) is 42.5 Å². The third-order valence-corrected chi connectivity index (χ3v) is 6.52. The number of rotatable bonds is 4. The molecule has 0 aromatic heterocycles. The first-order valence-corrected chi connectivity index (χ1v) is 10.9. The average Bonchev–Trinajstić information content (AvgIpc) is 3.02. The van der Waals surface area contributed by atoms with Crippen LogP contribution in [0.4, 0.5) is 5.69 Å². The Bertz CT molecular complexity index is 1040. The van der Waals surface area contributed by atoms with Crippen LogP contribution in [0.1, 0.15) is 54.8 Å². The van der Waals surface area contributed by atoms with Crippen molar-refractivity contribution >= 4 is 29.1 Å². The average molecular weight is 437 g/mol. The minimum atomic E-state index is -0.512. The Hall–Kier alpha value is -2.88. The van der Waals surface area contributed by atoms with E-state index >= 15 is 0 Å². The second-order valence-corrected chi connectivity index (χ2v) is 8.77. The zero-order chi connectivity index (χ0) is 22.0. The lowest BCUT2D eigenvalue weighted by atomic mass is 9.88. The number of benzene rings is 2. The molecular weight excluding hydrogens is 412 g/mol. The minimum Gasteiger partial charge on any atom is -0.325 e. The number of nitriles is 1. The van der Waals surface area contributed by atoms with Crippen LogP contribution in [0.2, 0.25) is 5.02 Å². The number of carbonyl (C=O) groups is 2. The molecule has 7 heteroatoms. The molecule has 1 saturated heterocycles. The van der Waals surface area contributed by atoms with Crippen LogP contribution in [0.3, 0.4) is 0 Å². The van der Waals surface area contributed by atoms with Gasteiger partial charge in [0.25, 0.3) is 0 Å². The third-order valence-electron chi connectivity index (χ3n) is 6.27. The van der Waals surface area contributed by atoms with Gasteiger partial charge in [-0.2, -0.15) is 5.26 Å². The largest absolute Gasteiger partial charge is 0.325 e. The van der Waals surface area contributed by atoms with Crippen molar-refractivity contribution in [2.24, 2.45) is 0 Å². The highest BCUT2D eigenvalue weighted by atomic mass is 35.5. The van der Waals surface area contributed by atoms with Gasteiger partial charge < -0.3 is 10.2 Å². The molecule has 1 saturated carbocycles. The van der Waals surface area contributed by atoms with Gasteiger partial charge in [0.1, 0.15) is 12.6 Å². The summed E-state index contributed by atoms with van der Waals surface area (Å²) in [4.78, 5) is 28.0. The summed E-state index contributed by atoms with van der Waals surface area (Å²) in [6.07, 6.45) is 4.78. The number of nitrogens with zero attached hydrogens (tertiary/aromatic N) is 2. The summed E-state index contributed by atoms with van der Waals surface area (Å²) in [5.74, 6) is -0.370. The van der Waals surface area contributed by atoms with Gasteiger partial charge in [-0.25, -0.2) is 0 Å². The third kappa shape index (κ3) is 4.30. The Kier molecular flexibility index (Phi) is 5.99. The summed E-state index contributed by atoms with van der Waals surface area (Å²) in [5.41, 5.74) is 2.26. The minimum absolute atomic E-state index is 0.0360. The van der Waals surface area contributed by atoms with E-state index < -0.39 is 11.7 Å². The van der Waals surface area contributed by atoms with E-state index in [0.29, 0.717) is 16.3 Å². The van der Waals surface area contributed by atoms with Gasteiger partial charge in [-0.1, -0.05) is 36.2 Å². The smallest absolute Gasteiger partial charge is 0.246 e. The number of nitrogens with one attached hydrogen (secondary N) is 2. The molecule has 6 nitrogen and oxygen atoms in total. The molecule has 4 rings (SSSR count). The fourth-order valence-electron chi connectivity index (χ4n) is 4.60. The zero-order valence-corrected chi connectivity index (χ0v) is 18.2. The number of halogens is 1. The van der Waals surface area contributed by atoms with E-state index in [4.69, 9.17) is 11.6 Å². The molecule has 1 unspecified atom stereocenters. The fraction of sp³-hybridized carbons (Fsp3) is 0.375. The molecule has 160 valence electrons. The zero-order valence-electron chi connectivity index (χ0n) is 17.5. The Balaban J connectivity index is 1.55. The lowest BCUT2D eigenvalue weighted by molar-refractivity contribution is -0.137. The number of amides is 2. The van der Waals surface area contributed by atoms with E-state index in [2.05, 4.69) is 16.7 Å². The van der Waals surface area contributed by atoms with Gasteiger partial charge in [0.05, 0.1) is 17.3 Å². The van der Waals surface area contributed by atoms with Gasteiger partial charge in [-0.05, 0) is 68.0 Å². The van der Waals surface area contributed by atoms with Crippen LogP contribution in [-0.2, 0) is 9.59 Å². The van der Waals surface area contributed by atoms with E-state index in [-0.39, 0.29) is 18.4 Å². The second-order valence-electron chi connectivity index (χ2n) is 8.34. The van der Waals surface area contributed by atoms with Gasteiger partial charge in [0.2, 0.25) is 11.8 Å². The second kappa shape index (κ2) is 8.70. The Labute approximate surface area is 187 Å². The topological polar surface area (TPSA) is 85.2 Å². The summed E-state index contributed by atoms with van der Waals surface area (Å²) in [5, 5.41) is 16.2. The van der Waals surface area contributed by atoms with Gasteiger partial charge in [0, 0.05) is 10.7 Å². The molecule has 2 amide bonds. The highest BCUT2D eigenvalue weighted by molar-refractivity contribution is 6.30. The quantitative estimate of drug-likeness (QED) is 0.748. The predicted octanol–water partition coefficient (Wildman–Crippen LogP) is 4.29. The number of aryl methyl sites for hydroxylation is 1. The molecule has 2 aromatic rings. The maximum absolute atomic E-state index is 13.4. The summed E-state index contributed by atoms with van der Waals surface area (Å²) in [6.45, 7) is 1.81. The van der Waals surface area contributed by atoms with Gasteiger partial charge in [0.15, 0.2) is 0 Å². The first-order chi connectivity index (χ1) is 14.9. The number of anilines is 1. The van der Waals surface area contributed by atoms with Crippen LogP contribution in [0.25, 0.3) is 0 Å². The van der Waals surface area contributed by atoms with E-state index in [0.717, 1.165) is 43.2 Å². The van der Waals surface area contributed by atoms with Crippen molar-refractivity contribution < 1.29 is 9.59 Å². The molecule has 0 radical (unpaired) electrons. The Morgan fingerprint density at radius 2 is 1.94 bits per heavy atom. The van der Waals surface area contributed by atoms with E-state index in [1.807, 2.05) is 19.1 Å². The maximum atomic E-state index is 13.4. The van der Waals surface area contributed by atoms with E-state index in [9.17, 15) is 14.9 Å². The number of carbonyl (C=O) groups excluding carboxylic acids is 2. The molecule has 1 spiro atoms. The number of hydrogen-bond acceptors (Lipinski definition) is 4. The van der Waals surface area contributed by atoms with Crippen molar-refractivity contribution in [2.75, 3.05) is 11.9 Å². The SMILES string of the molecule is Cc1ccc(NC(=O)CN2C(=O)C(c3ccc(Cl)cc3)NC23CCCCC3)cc1C#N. The van der Waals surface area contributed by atoms with Crippen LogP contribution in [0.5, 0.6) is 0 Å². The molecule has 0 bridgehead atoms. The summed E-state index contributed by atoms with van der Waals surface area (Å²) < 4.78 is 0. The monoisotopic (exact) mass is 436 g/mol. The van der Waals surface area contributed by atoms with Gasteiger partial charge >= 0.3 is 0 Å². The standard InChI is InChI=1S/C24H25ClN4O2/c1-16-5-10-20(13-18(16)14-26)27-21(30)15-29-23(31)22(17-6-8-19(25)9-7-17)28-24(29)11-3-2-4-12-24/h5-10,13,22,28H,2-4,11-12,15H2,1H3,(H,27,30). The number of hydrogen-bond donors (Lipinski definition) is 2. The van der Waals surface area contributed by atoms with Crippen LogP contribution in [-0.4, -0.2) is 28.9 Å². The lowest BCUT2D eigenvalue weighted by Crippen LogP contribution is -2.55. The molecule has 1 atom stereocenters. The Morgan fingerprint density at radius 3 is 2.61 bits per heavy atom. The predicted molar refractivity (Wildman–Crippen MR) is 119 cm³/mol. The molecule has 31 heavy (non-hydrogen) atoms. The first-order valence-electron chi connectivity index (χ1n) is 10.6. The molecule has 2 fully saturated rings. The molecule has 1 aliphatic carbocycles. The molecule has 1 aliphatic heterocycles. The van der Waals surface area contributed by atoms with Crippen LogP contribution in [0, 0.1) is 18.3 Å². The van der Waals surface area contributed by atoms with Crippen molar-refractivity contribution in [1.29, 1.82) is 5.26 Å². The molecule has 2 aliphatic rings. The van der Waals surface area contributed by atoms with Crippen molar-refractivity contribution in [3.05, 3.63) is 64.2 Å². The van der Waals surface area contributed by atoms with Crippen molar-refractivity contribution in [3.8, 4) is 6.07 Å². The summed E-state index contributed by atoms with van der Waals surface area (Å²) >= 11 is 6.01. The molecule has 2 aromatic carbocycles. The normalized spacial score (nSPS) is 20.0. The van der Waals surface area contributed by atoms with E-state index in [1.165, 1.54) is 0 Å². The molecule has 2 N–H and O–H groups in total. The fourth-order valence-corrected chi connectivity index (χ4v) is 4.73. The van der Waals surface area contributed by atoms with Crippen molar-refractivity contribution in [1.82, 2.24) is 10.2 Å². The highest BCUT2D eigenvalue weighted by Gasteiger charge is 2.51. The Morgan fingerprint density at radius 1 is 1.23 bits per heavy atom. The lowest BCUT2D eigenvalue weighted by Gasteiger charge is -2.41. The summed E-state index contributed by atoms with van der Waals surface area (Å²) in [6, 6.07) is 14.1. The van der Waals surface area contributed by atoms with Crippen LogP contribution < -0.4 is 10.6 Å². The molecule has 1 heterocycles. The van der Waals surface area contributed by atoms with Crippen molar-refractivity contribution in [2.45, 2.75) is 50.7 Å². The van der Waals surface area contributed by atoms with Gasteiger partial charge in [-0.3, -0.25) is 14.9 Å². The first kappa shape index (κ1) is 21.4. The van der Waals surface area contributed by atoms with E-state index in [1.54, 1.807) is 35.2 Å². The summed E-state index contributed by atoms with van der Waals surface area (Å²) in [7, 11) is 0. The van der Waals surface area contributed by atoms with Crippen LogP contribution >= 0.6 is 11.6 Å². The van der Waals surface area contributed by atoms with Gasteiger partial charge in [-0.15, -0.1) is 0 Å².